The van der Waals surface area contributed by atoms with Gasteiger partial charge in [0.15, 0.2) is 0 Å². The fourth-order valence-corrected chi connectivity index (χ4v) is 1.74. The highest BCUT2D eigenvalue weighted by atomic mass is 16.5. The summed E-state index contributed by atoms with van der Waals surface area (Å²) in [6, 6.07) is 10.6. The predicted octanol–water partition coefficient (Wildman–Crippen LogP) is 1.59. The predicted molar refractivity (Wildman–Crippen MR) is 57.0 cm³/mol. The van der Waals surface area contributed by atoms with Crippen LogP contribution in [0.25, 0.3) is 0 Å². The number of fused-ring (bicyclic) bond motifs is 1. The fraction of sp³-hybridized carbons (Fsp3) is 0.417. The minimum atomic E-state index is 0.156. The molecule has 0 amide bonds. The van der Waals surface area contributed by atoms with Gasteiger partial charge in [0.2, 0.25) is 0 Å². The zero-order valence-electron chi connectivity index (χ0n) is 8.57. The summed E-state index contributed by atoms with van der Waals surface area (Å²) in [7, 11) is 0. The van der Waals surface area contributed by atoms with Crippen molar-refractivity contribution in [2.45, 2.75) is 25.6 Å². The van der Waals surface area contributed by atoms with Crippen molar-refractivity contribution in [3.05, 3.63) is 35.4 Å². The van der Waals surface area contributed by atoms with Crippen LogP contribution in [0.2, 0.25) is 0 Å². The van der Waals surface area contributed by atoms with Crippen LogP contribution in [0.15, 0.2) is 24.3 Å². The first kappa shape index (κ1) is 10.2. The third kappa shape index (κ3) is 2.56. The molecular weight excluding hydrogens is 188 g/mol. The summed E-state index contributed by atoms with van der Waals surface area (Å²) in [4.78, 5) is 0. The Morgan fingerprint density at radius 3 is 3.00 bits per heavy atom. The lowest BCUT2D eigenvalue weighted by atomic mass is 10.1. The molecule has 0 aromatic heterocycles. The molecule has 0 aliphatic carbocycles. The van der Waals surface area contributed by atoms with Gasteiger partial charge >= 0.3 is 0 Å². The highest BCUT2D eigenvalue weighted by molar-refractivity contribution is 5.26. The molecule has 1 N–H and O–H groups in total. The largest absolute Gasteiger partial charge is 0.375 e. The molecule has 1 atom stereocenters. The second-order valence-electron chi connectivity index (χ2n) is 3.72. The first-order valence-electron chi connectivity index (χ1n) is 5.15. The van der Waals surface area contributed by atoms with E-state index in [-0.39, 0.29) is 6.04 Å². The van der Waals surface area contributed by atoms with Gasteiger partial charge in [-0.15, -0.1) is 0 Å². The van der Waals surface area contributed by atoms with E-state index in [0.717, 1.165) is 6.54 Å². The van der Waals surface area contributed by atoms with Crippen LogP contribution in [0.1, 0.15) is 17.5 Å². The lowest BCUT2D eigenvalue weighted by Crippen LogP contribution is -2.34. The molecule has 1 aromatic rings. The van der Waals surface area contributed by atoms with Crippen molar-refractivity contribution in [1.82, 2.24) is 5.32 Å². The lowest BCUT2D eigenvalue weighted by Gasteiger charge is -2.21. The number of rotatable bonds is 1. The summed E-state index contributed by atoms with van der Waals surface area (Å²) in [6.45, 7) is 2.09. The van der Waals surface area contributed by atoms with Crippen LogP contribution in [0.3, 0.4) is 0 Å². The van der Waals surface area contributed by atoms with Crippen LogP contribution < -0.4 is 5.32 Å². The topological polar surface area (TPSA) is 45.0 Å². The molecule has 1 aliphatic heterocycles. The van der Waals surface area contributed by atoms with Crippen LogP contribution in [0.4, 0.5) is 0 Å². The molecule has 0 saturated heterocycles. The minimum Gasteiger partial charge on any atom is -0.375 e. The molecule has 78 valence electrons. The molecule has 0 saturated carbocycles. The van der Waals surface area contributed by atoms with Crippen LogP contribution in [0, 0.1) is 11.3 Å². The van der Waals surface area contributed by atoms with E-state index in [1.165, 1.54) is 11.1 Å². The van der Waals surface area contributed by atoms with Gasteiger partial charge in [-0.1, -0.05) is 24.3 Å². The van der Waals surface area contributed by atoms with E-state index in [1.807, 2.05) is 12.1 Å². The van der Waals surface area contributed by atoms with Gasteiger partial charge in [-0.2, -0.15) is 5.26 Å². The van der Waals surface area contributed by atoms with E-state index in [0.29, 0.717) is 19.6 Å². The SMILES string of the molecule is N#CC[C@@H]1COCc2ccccc2CN1. The number of nitrogens with zero attached hydrogens (tertiary/aromatic N) is 1. The highest BCUT2D eigenvalue weighted by Crippen LogP contribution is 2.13. The second-order valence-corrected chi connectivity index (χ2v) is 3.72. The van der Waals surface area contributed by atoms with Crippen molar-refractivity contribution in [3.63, 3.8) is 0 Å². The third-order valence-corrected chi connectivity index (χ3v) is 2.61. The Morgan fingerprint density at radius 2 is 2.20 bits per heavy atom. The van der Waals surface area contributed by atoms with Crippen molar-refractivity contribution < 1.29 is 4.74 Å². The molecule has 0 radical (unpaired) electrons. The Morgan fingerprint density at radius 1 is 1.40 bits per heavy atom. The van der Waals surface area contributed by atoms with Crippen LogP contribution in [-0.2, 0) is 17.9 Å². The Bertz CT molecular complexity index is 370. The number of ether oxygens (including phenoxy) is 1. The average Bonchev–Trinajstić information content (AvgIpc) is 2.23. The quantitative estimate of drug-likeness (QED) is 0.752. The maximum Gasteiger partial charge on any atom is 0.0720 e. The Labute approximate surface area is 89.7 Å². The van der Waals surface area contributed by atoms with Gasteiger partial charge < -0.3 is 10.1 Å². The van der Waals surface area contributed by atoms with Crippen molar-refractivity contribution in [3.8, 4) is 6.07 Å². The number of benzene rings is 1. The van der Waals surface area contributed by atoms with E-state index in [9.17, 15) is 0 Å². The number of nitrogens with one attached hydrogen (secondary N) is 1. The van der Waals surface area contributed by atoms with Gasteiger partial charge in [-0.3, -0.25) is 0 Å². The van der Waals surface area contributed by atoms with Crippen LogP contribution >= 0.6 is 0 Å². The molecule has 0 bridgehead atoms. The van der Waals surface area contributed by atoms with Crippen molar-refractivity contribution in [1.29, 1.82) is 5.26 Å². The van der Waals surface area contributed by atoms with Gasteiger partial charge in [0.1, 0.15) is 0 Å². The first-order chi connectivity index (χ1) is 7.40. The molecular formula is C12H14N2O. The zero-order valence-corrected chi connectivity index (χ0v) is 8.57. The summed E-state index contributed by atoms with van der Waals surface area (Å²) in [5.41, 5.74) is 2.50. The Hall–Kier alpha value is -1.37. The molecule has 1 heterocycles. The number of hydrogen-bond acceptors (Lipinski definition) is 3. The summed E-state index contributed by atoms with van der Waals surface area (Å²) in [6.07, 6.45) is 0.502. The smallest absolute Gasteiger partial charge is 0.0720 e. The van der Waals surface area contributed by atoms with Gasteiger partial charge in [0.25, 0.3) is 0 Å². The molecule has 1 aliphatic rings. The first-order valence-corrected chi connectivity index (χ1v) is 5.15. The molecule has 3 heteroatoms. The van der Waals surface area contributed by atoms with E-state index < -0.39 is 0 Å². The lowest BCUT2D eigenvalue weighted by molar-refractivity contribution is 0.0936. The van der Waals surface area contributed by atoms with Gasteiger partial charge in [-0.25, -0.2) is 0 Å². The maximum atomic E-state index is 8.63. The number of hydrogen-bond donors (Lipinski definition) is 1. The minimum absolute atomic E-state index is 0.156. The van der Waals surface area contributed by atoms with E-state index in [4.69, 9.17) is 10.00 Å². The van der Waals surface area contributed by atoms with Crippen molar-refractivity contribution in [2.24, 2.45) is 0 Å². The fourth-order valence-electron chi connectivity index (χ4n) is 1.74. The highest BCUT2D eigenvalue weighted by Gasteiger charge is 2.13. The average molecular weight is 202 g/mol. The normalized spacial score (nSPS) is 20.9. The standard InChI is InChI=1S/C12H14N2O/c13-6-5-12-9-15-8-11-4-2-1-3-10(11)7-14-12/h1-4,12,14H,5,7-9H2/t12-/m1/s1. The van der Waals surface area contributed by atoms with Crippen LogP contribution in [0.5, 0.6) is 0 Å². The molecule has 0 unspecified atom stereocenters. The zero-order chi connectivity index (χ0) is 10.5. The monoisotopic (exact) mass is 202 g/mol. The summed E-state index contributed by atoms with van der Waals surface area (Å²) >= 11 is 0. The van der Waals surface area contributed by atoms with Gasteiger partial charge in [0.05, 0.1) is 25.7 Å². The molecule has 0 spiro atoms. The summed E-state index contributed by atoms with van der Waals surface area (Å²) < 4.78 is 5.55. The van der Waals surface area contributed by atoms with Crippen molar-refractivity contribution in [2.75, 3.05) is 6.61 Å². The van der Waals surface area contributed by atoms with E-state index in [2.05, 4.69) is 23.5 Å². The summed E-state index contributed by atoms with van der Waals surface area (Å²) in [5.74, 6) is 0. The molecule has 15 heavy (non-hydrogen) atoms. The van der Waals surface area contributed by atoms with Gasteiger partial charge in [-0.05, 0) is 11.1 Å². The molecule has 3 nitrogen and oxygen atoms in total. The second kappa shape index (κ2) is 4.92. The molecule has 0 fully saturated rings. The third-order valence-electron chi connectivity index (χ3n) is 2.61. The molecule has 1 aromatic carbocycles. The Kier molecular flexibility index (Phi) is 3.33. The van der Waals surface area contributed by atoms with E-state index >= 15 is 0 Å². The van der Waals surface area contributed by atoms with Gasteiger partial charge in [0, 0.05) is 12.6 Å². The Balaban J connectivity index is 2.08. The summed E-state index contributed by atoms with van der Waals surface area (Å²) in [5, 5.41) is 12.0. The van der Waals surface area contributed by atoms with Crippen molar-refractivity contribution >= 4 is 0 Å². The number of nitriles is 1. The van der Waals surface area contributed by atoms with Crippen LogP contribution in [-0.4, -0.2) is 12.6 Å². The van der Waals surface area contributed by atoms with E-state index in [1.54, 1.807) is 0 Å². The molecule has 2 rings (SSSR count). The maximum absolute atomic E-state index is 8.63.